The molecule has 0 aliphatic rings. The summed E-state index contributed by atoms with van der Waals surface area (Å²) in [6.45, 7) is 0.163. The van der Waals surface area contributed by atoms with Crippen LogP contribution in [-0.4, -0.2) is 30.7 Å². The molecule has 0 aliphatic carbocycles. The topological polar surface area (TPSA) is 120 Å². The van der Waals surface area contributed by atoms with Crippen molar-refractivity contribution in [3.05, 3.63) is 36.2 Å². The van der Waals surface area contributed by atoms with Crippen LogP contribution in [0.4, 0.5) is 5.95 Å². The first-order valence-electron chi connectivity index (χ1n) is 5.60. The van der Waals surface area contributed by atoms with Crippen LogP contribution in [0.5, 0.6) is 5.75 Å². The van der Waals surface area contributed by atoms with E-state index < -0.39 is 10.0 Å². The third-order valence-corrected chi connectivity index (χ3v) is 3.82. The molecule has 1 aromatic heterocycles. The van der Waals surface area contributed by atoms with Crippen molar-refractivity contribution in [3.63, 3.8) is 0 Å². The number of ether oxygens (including phenoxy) is 1. The van der Waals surface area contributed by atoms with Gasteiger partial charge in [-0.1, -0.05) is 0 Å². The molecule has 0 bridgehead atoms. The van der Waals surface area contributed by atoms with Crippen LogP contribution in [0.3, 0.4) is 0 Å². The van der Waals surface area contributed by atoms with Crippen LogP contribution in [0.2, 0.25) is 0 Å². The van der Waals surface area contributed by atoms with E-state index in [1.807, 2.05) is 0 Å². The summed E-state index contributed by atoms with van der Waals surface area (Å²) < 4.78 is 31.7. The molecular formula is C11H13N5O3S. The summed E-state index contributed by atoms with van der Waals surface area (Å²) in [6.07, 6.45) is 2.68. The van der Waals surface area contributed by atoms with Crippen LogP contribution < -0.4 is 15.2 Å². The molecule has 8 nitrogen and oxygen atoms in total. The zero-order valence-electron chi connectivity index (χ0n) is 10.6. The first kappa shape index (κ1) is 14.2. The molecule has 0 spiro atoms. The molecule has 1 heterocycles. The Morgan fingerprint density at radius 1 is 1.35 bits per heavy atom. The number of nitrogens with one attached hydrogen (secondary N) is 1. The summed E-state index contributed by atoms with van der Waals surface area (Å²) in [5.74, 6) is 0.432. The normalized spacial score (nSPS) is 11.1. The minimum atomic E-state index is -3.80. The molecule has 0 fully saturated rings. The second-order valence-corrected chi connectivity index (χ2v) is 5.43. The molecule has 3 N–H and O–H groups in total. The Hall–Kier alpha value is -2.26. The zero-order valence-corrected chi connectivity index (χ0v) is 11.5. The van der Waals surface area contributed by atoms with Crippen LogP contribution in [0.25, 0.3) is 0 Å². The number of rotatable bonds is 5. The highest BCUT2D eigenvalue weighted by atomic mass is 32.2. The molecule has 0 saturated heterocycles. The number of benzene rings is 1. The zero-order chi connectivity index (χ0) is 14.6. The maximum absolute atomic E-state index is 12.2. The minimum Gasteiger partial charge on any atom is -0.496 e. The maximum atomic E-state index is 12.2. The Balaban J connectivity index is 2.35. The van der Waals surface area contributed by atoms with Crippen molar-refractivity contribution in [2.24, 2.45) is 5.73 Å². The van der Waals surface area contributed by atoms with Gasteiger partial charge in [0, 0.05) is 12.1 Å². The van der Waals surface area contributed by atoms with E-state index in [0.717, 1.165) is 0 Å². The fraction of sp³-hybridized carbons (Fsp3) is 0.182. The van der Waals surface area contributed by atoms with Crippen molar-refractivity contribution >= 4 is 16.0 Å². The highest BCUT2D eigenvalue weighted by molar-refractivity contribution is 7.92. The summed E-state index contributed by atoms with van der Waals surface area (Å²) in [6, 6.07) is 4.40. The number of nitrogens with two attached hydrogens (primary N) is 1. The number of aromatic nitrogens is 3. The number of methoxy groups -OCH3 is 1. The van der Waals surface area contributed by atoms with E-state index in [1.54, 1.807) is 6.07 Å². The Bertz CT molecular complexity index is 690. The van der Waals surface area contributed by atoms with Gasteiger partial charge in [0.2, 0.25) is 0 Å². The highest BCUT2D eigenvalue weighted by Gasteiger charge is 2.17. The number of hydrogen-bond donors (Lipinski definition) is 2. The van der Waals surface area contributed by atoms with Gasteiger partial charge in [-0.05, 0) is 18.2 Å². The predicted molar refractivity (Wildman–Crippen MR) is 71.5 cm³/mol. The van der Waals surface area contributed by atoms with Crippen LogP contribution in [0.15, 0.2) is 35.5 Å². The van der Waals surface area contributed by atoms with E-state index in [0.29, 0.717) is 11.3 Å². The molecule has 0 radical (unpaired) electrons. The Labute approximate surface area is 116 Å². The van der Waals surface area contributed by atoms with Crippen molar-refractivity contribution in [3.8, 4) is 5.75 Å². The third-order valence-electron chi connectivity index (χ3n) is 2.49. The van der Waals surface area contributed by atoms with Crippen LogP contribution >= 0.6 is 0 Å². The van der Waals surface area contributed by atoms with Gasteiger partial charge < -0.3 is 10.5 Å². The maximum Gasteiger partial charge on any atom is 0.264 e. The fourth-order valence-corrected chi connectivity index (χ4v) is 2.55. The van der Waals surface area contributed by atoms with Crippen molar-refractivity contribution in [1.82, 2.24) is 15.2 Å². The van der Waals surface area contributed by atoms with Crippen LogP contribution in [-0.2, 0) is 16.6 Å². The van der Waals surface area contributed by atoms with Crippen molar-refractivity contribution < 1.29 is 13.2 Å². The molecule has 2 rings (SSSR count). The van der Waals surface area contributed by atoms with E-state index in [9.17, 15) is 8.42 Å². The Morgan fingerprint density at radius 2 is 2.15 bits per heavy atom. The summed E-state index contributed by atoms with van der Waals surface area (Å²) in [4.78, 5) is 3.80. The quantitative estimate of drug-likeness (QED) is 0.804. The molecule has 106 valence electrons. The molecule has 0 unspecified atom stereocenters. The Morgan fingerprint density at radius 3 is 2.75 bits per heavy atom. The van der Waals surface area contributed by atoms with Gasteiger partial charge in [-0.3, -0.25) is 0 Å². The summed E-state index contributed by atoms with van der Waals surface area (Å²) >= 11 is 0. The van der Waals surface area contributed by atoms with E-state index >= 15 is 0 Å². The van der Waals surface area contributed by atoms with Crippen molar-refractivity contribution in [2.45, 2.75) is 11.4 Å². The lowest BCUT2D eigenvalue weighted by Crippen LogP contribution is -2.16. The van der Waals surface area contributed by atoms with Gasteiger partial charge in [0.1, 0.15) is 5.75 Å². The number of nitrogens with zero attached hydrogens (tertiary/aromatic N) is 3. The monoisotopic (exact) mass is 295 g/mol. The predicted octanol–water partition coefficient (Wildman–Crippen LogP) is 0.140. The molecule has 2 aromatic rings. The van der Waals surface area contributed by atoms with Gasteiger partial charge in [0.05, 0.1) is 24.4 Å². The molecule has 0 atom stereocenters. The molecule has 1 aromatic carbocycles. The highest BCUT2D eigenvalue weighted by Crippen LogP contribution is 2.22. The van der Waals surface area contributed by atoms with Gasteiger partial charge in [0.25, 0.3) is 16.0 Å². The minimum absolute atomic E-state index is 0.0474. The number of sulfonamides is 1. The average Bonchev–Trinajstić information content (AvgIpc) is 2.47. The number of hydrogen-bond acceptors (Lipinski definition) is 7. The second kappa shape index (κ2) is 5.80. The van der Waals surface area contributed by atoms with E-state index in [-0.39, 0.29) is 17.4 Å². The largest absolute Gasteiger partial charge is 0.496 e. The van der Waals surface area contributed by atoms with Gasteiger partial charge >= 0.3 is 0 Å². The smallest absolute Gasteiger partial charge is 0.264 e. The lowest BCUT2D eigenvalue weighted by atomic mass is 10.2. The van der Waals surface area contributed by atoms with Gasteiger partial charge in [-0.2, -0.15) is 5.10 Å². The van der Waals surface area contributed by atoms with E-state index in [1.165, 1.54) is 31.6 Å². The summed E-state index contributed by atoms with van der Waals surface area (Å²) in [7, 11) is -2.31. The van der Waals surface area contributed by atoms with Crippen molar-refractivity contribution in [2.75, 3.05) is 11.8 Å². The standard InChI is InChI=1S/C11H13N5O3S/c1-19-10-3-2-9(6-8(10)7-12)20(17,18)16-11-13-4-5-14-15-11/h2-6H,7,12H2,1H3,(H,13,15,16). The summed E-state index contributed by atoms with van der Waals surface area (Å²) in [5, 5.41) is 7.11. The van der Waals surface area contributed by atoms with E-state index in [2.05, 4.69) is 19.9 Å². The molecule has 0 aliphatic heterocycles. The lowest BCUT2D eigenvalue weighted by molar-refractivity contribution is 0.409. The second-order valence-electron chi connectivity index (χ2n) is 3.75. The first-order chi connectivity index (χ1) is 9.56. The number of anilines is 1. The third kappa shape index (κ3) is 3.00. The molecule has 20 heavy (non-hydrogen) atoms. The fourth-order valence-electron chi connectivity index (χ4n) is 1.56. The van der Waals surface area contributed by atoms with Gasteiger partial charge in [0.15, 0.2) is 0 Å². The molecule has 9 heteroatoms. The average molecular weight is 295 g/mol. The van der Waals surface area contributed by atoms with Crippen LogP contribution in [0.1, 0.15) is 5.56 Å². The van der Waals surface area contributed by atoms with Crippen LogP contribution in [0, 0.1) is 0 Å². The van der Waals surface area contributed by atoms with Gasteiger partial charge in [-0.25, -0.2) is 18.1 Å². The lowest BCUT2D eigenvalue weighted by Gasteiger charge is -2.10. The van der Waals surface area contributed by atoms with Gasteiger partial charge in [-0.15, -0.1) is 5.10 Å². The SMILES string of the molecule is COc1ccc(S(=O)(=O)Nc2nccnn2)cc1CN. The molecule has 0 amide bonds. The molecule has 0 saturated carbocycles. The van der Waals surface area contributed by atoms with Crippen molar-refractivity contribution in [1.29, 1.82) is 0 Å². The van der Waals surface area contributed by atoms with E-state index in [4.69, 9.17) is 10.5 Å². The Kier molecular flexibility index (Phi) is 4.11. The first-order valence-corrected chi connectivity index (χ1v) is 7.08. The summed E-state index contributed by atoms with van der Waals surface area (Å²) in [5.41, 5.74) is 6.15. The molecular weight excluding hydrogens is 282 g/mol.